The van der Waals surface area contributed by atoms with Gasteiger partial charge in [0.25, 0.3) is 5.91 Å². The number of carboxylic acid groups (broad SMARTS) is 1. The molecule has 1 aliphatic rings. The fourth-order valence-electron chi connectivity index (χ4n) is 8.22. The van der Waals surface area contributed by atoms with E-state index in [9.17, 15) is 19.5 Å². The first-order valence-corrected chi connectivity index (χ1v) is 22.8. The Morgan fingerprint density at radius 3 is 2.34 bits per heavy atom. The lowest BCUT2D eigenvalue weighted by atomic mass is 9.89. The summed E-state index contributed by atoms with van der Waals surface area (Å²) >= 11 is 1.28. The third kappa shape index (κ3) is 12.8. The van der Waals surface area contributed by atoms with Crippen molar-refractivity contribution in [2.24, 2.45) is 11.8 Å². The van der Waals surface area contributed by atoms with E-state index >= 15 is 4.79 Å². The largest absolute Gasteiger partial charge is 0.481 e. The molecule has 1 aliphatic heterocycles. The number of likely N-dealkylation sites (N-methyl/N-ethyl adjacent to an activating group) is 1. The summed E-state index contributed by atoms with van der Waals surface area (Å²) in [6, 6.07) is 24.1. The number of aryl methyl sites for hydroxylation is 1. The Morgan fingerprint density at radius 1 is 0.984 bits per heavy atom. The van der Waals surface area contributed by atoms with E-state index in [2.05, 4.69) is 29.4 Å². The van der Waals surface area contributed by atoms with Gasteiger partial charge in [-0.2, -0.15) is 0 Å². The number of nitrogens with zero attached hydrogens (tertiary/aromatic N) is 3. The quantitative estimate of drug-likeness (QED) is 0.0664. The number of thiazole rings is 1. The van der Waals surface area contributed by atoms with E-state index in [1.807, 2.05) is 112 Å². The number of carbonyl (C=O) groups excluding carboxylic acids is 3. The van der Waals surface area contributed by atoms with Gasteiger partial charge in [0, 0.05) is 38.0 Å². The Hall–Kier alpha value is -4.95. The van der Waals surface area contributed by atoms with Crippen molar-refractivity contribution in [3.63, 3.8) is 0 Å². The van der Waals surface area contributed by atoms with Crippen LogP contribution in [0.4, 0.5) is 0 Å². The fourth-order valence-corrected chi connectivity index (χ4v) is 9.08. The van der Waals surface area contributed by atoms with Crippen molar-refractivity contribution >= 4 is 35.0 Å². The van der Waals surface area contributed by atoms with Gasteiger partial charge in [-0.15, -0.1) is 11.3 Å². The summed E-state index contributed by atoms with van der Waals surface area (Å²) in [6.07, 6.45) is 3.37. The average Bonchev–Trinajstić information content (AvgIpc) is 3.77. The van der Waals surface area contributed by atoms with Crippen LogP contribution in [-0.4, -0.2) is 95.7 Å². The molecule has 1 fully saturated rings. The lowest BCUT2D eigenvalue weighted by molar-refractivity contribution is -0.144. The topological polar surface area (TPSA) is 150 Å². The van der Waals surface area contributed by atoms with Crippen LogP contribution < -0.4 is 10.6 Å². The number of ether oxygens (including phenoxy) is 2. The van der Waals surface area contributed by atoms with Crippen molar-refractivity contribution in [3.8, 4) is 11.1 Å². The molecule has 0 saturated carbocycles. The Bertz CT molecular complexity index is 2060. The second kappa shape index (κ2) is 23.5. The molecule has 0 radical (unpaired) electrons. The van der Waals surface area contributed by atoms with E-state index in [-0.39, 0.29) is 61.2 Å². The second-order valence-electron chi connectivity index (χ2n) is 16.9. The smallest absolute Gasteiger partial charge is 0.311 e. The average molecular weight is 868 g/mol. The third-order valence-corrected chi connectivity index (χ3v) is 13.1. The van der Waals surface area contributed by atoms with Crippen LogP contribution in [0.25, 0.3) is 11.1 Å². The number of amides is 3. The number of likely N-dealkylation sites (tertiary alicyclic amines) is 1. The lowest BCUT2D eigenvalue weighted by Gasteiger charge is -2.40. The van der Waals surface area contributed by atoms with E-state index < -0.39 is 29.9 Å². The first kappa shape index (κ1) is 48.1. The number of benzene rings is 3. The van der Waals surface area contributed by atoms with Crippen molar-refractivity contribution in [1.82, 2.24) is 25.4 Å². The molecular formula is C49H65N5O7S. The number of carbonyl (C=O) groups is 4. The van der Waals surface area contributed by atoms with Crippen molar-refractivity contribution in [1.29, 1.82) is 0 Å². The predicted octanol–water partition coefficient (Wildman–Crippen LogP) is 8.23. The van der Waals surface area contributed by atoms with Crippen LogP contribution in [0.15, 0.2) is 84.2 Å². The molecule has 334 valence electrons. The summed E-state index contributed by atoms with van der Waals surface area (Å²) in [6.45, 7) is 11.3. The van der Waals surface area contributed by atoms with Gasteiger partial charge in [-0.1, -0.05) is 119 Å². The second-order valence-corrected chi connectivity index (χ2v) is 17.8. The fraction of sp³-hybridized carbons (Fsp3) is 0.490. The summed E-state index contributed by atoms with van der Waals surface area (Å²) in [4.78, 5) is 63.6. The molecule has 0 aliphatic carbocycles. The van der Waals surface area contributed by atoms with Crippen molar-refractivity contribution in [2.75, 3.05) is 34.0 Å². The van der Waals surface area contributed by atoms with Gasteiger partial charge in [0.1, 0.15) is 29.6 Å². The first-order valence-electron chi connectivity index (χ1n) is 21.9. The molecule has 62 heavy (non-hydrogen) atoms. The summed E-state index contributed by atoms with van der Waals surface area (Å²) in [5.74, 6) is -2.64. The third-order valence-electron chi connectivity index (χ3n) is 12.1. The Kier molecular flexibility index (Phi) is 18.2. The van der Waals surface area contributed by atoms with Gasteiger partial charge in [0.15, 0.2) is 0 Å². The highest BCUT2D eigenvalue weighted by Gasteiger charge is 2.38. The number of methoxy groups -OCH3 is 1. The minimum absolute atomic E-state index is 0.0315. The summed E-state index contributed by atoms with van der Waals surface area (Å²) in [5.41, 5.74) is 4.64. The first-order chi connectivity index (χ1) is 29.8. The molecule has 3 N–H and O–H groups in total. The van der Waals surface area contributed by atoms with Gasteiger partial charge in [0.05, 0.1) is 12.0 Å². The zero-order valence-corrected chi connectivity index (χ0v) is 38.2. The van der Waals surface area contributed by atoms with Gasteiger partial charge >= 0.3 is 5.97 Å². The standard InChI is InChI=1S/C49H65N5O7S/c1-8-33(4)44(52-46(56)41-21-15-16-26-53(41)6)48(57)54(29-35-17-11-9-12-18-35)42(32(2)3)28-43(61-31-60-7)47-51-40(30-62-47)45(55)50-25-24-38(49(58)59)39-27-37(23-22-34(39)5)36-19-13-10-14-20-36/h9-14,17-20,22-23,27,30,32-33,38,41-44H,8,15-16,21,24-26,28-29,31H2,1-7H3,(H,50,55)(H,52,56)(H,58,59)/t33?,38-,41?,42-,43-,44?/m1/s1. The molecule has 0 spiro atoms. The molecule has 0 bridgehead atoms. The molecule has 13 heteroatoms. The Morgan fingerprint density at radius 2 is 1.69 bits per heavy atom. The number of hydrogen-bond acceptors (Lipinski definition) is 9. The van der Waals surface area contributed by atoms with E-state index in [1.165, 1.54) is 18.4 Å². The molecule has 5 rings (SSSR count). The molecule has 3 aromatic carbocycles. The molecule has 2 heterocycles. The number of carboxylic acids is 1. The molecule has 3 amide bonds. The van der Waals surface area contributed by atoms with Gasteiger partial charge in [-0.25, -0.2) is 4.98 Å². The maximum absolute atomic E-state index is 15.0. The lowest BCUT2D eigenvalue weighted by Crippen LogP contribution is -2.58. The van der Waals surface area contributed by atoms with Crippen LogP contribution >= 0.6 is 11.3 Å². The number of piperidine rings is 1. The van der Waals surface area contributed by atoms with Crippen molar-refractivity contribution < 1.29 is 33.8 Å². The highest BCUT2D eigenvalue weighted by atomic mass is 32.1. The zero-order valence-electron chi connectivity index (χ0n) is 37.3. The number of aliphatic carboxylic acids is 1. The van der Waals surface area contributed by atoms with Crippen LogP contribution in [0.1, 0.15) is 110 Å². The van der Waals surface area contributed by atoms with Gasteiger partial charge in [0.2, 0.25) is 11.8 Å². The summed E-state index contributed by atoms with van der Waals surface area (Å²) in [7, 11) is 3.51. The van der Waals surface area contributed by atoms with Crippen LogP contribution in [-0.2, 0) is 30.4 Å². The molecule has 1 aromatic heterocycles. The summed E-state index contributed by atoms with van der Waals surface area (Å²) in [5, 5.41) is 18.6. The van der Waals surface area contributed by atoms with E-state index in [0.717, 1.165) is 48.1 Å². The molecule has 3 unspecified atom stereocenters. The highest BCUT2D eigenvalue weighted by molar-refractivity contribution is 7.09. The number of aromatic nitrogens is 1. The Balaban J connectivity index is 1.35. The van der Waals surface area contributed by atoms with E-state index in [1.54, 1.807) is 5.38 Å². The van der Waals surface area contributed by atoms with Crippen LogP contribution in [0.5, 0.6) is 0 Å². The molecule has 4 aromatic rings. The van der Waals surface area contributed by atoms with Gasteiger partial charge in [-0.3, -0.25) is 24.1 Å². The molecule has 6 atom stereocenters. The monoisotopic (exact) mass is 867 g/mol. The molecular weight excluding hydrogens is 803 g/mol. The number of rotatable bonds is 22. The maximum atomic E-state index is 15.0. The van der Waals surface area contributed by atoms with E-state index in [0.29, 0.717) is 30.0 Å². The minimum Gasteiger partial charge on any atom is -0.481 e. The molecule has 1 saturated heterocycles. The van der Waals surface area contributed by atoms with Gasteiger partial charge < -0.3 is 30.1 Å². The van der Waals surface area contributed by atoms with Gasteiger partial charge in [-0.05, 0) is 79.4 Å². The SMILES string of the molecule is CCC(C)C(NC(=O)C1CCCCN1C)C(=O)N(Cc1ccccc1)[C@H](C[C@@H](OCOC)c1nc(C(=O)NCC[C@@H](C(=O)O)c2cc(-c3ccccc3)ccc2C)cs1)C(C)C. The Labute approximate surface area is 371 Å². The normalized spacial score (nSPS) is 16.8. The van der Waals surface area contributed by atoms with Crippen LogP contribution in [0.3, 0.4) is 0 Å². The number of hydrogen-bond donors (Lipinski definition) is 3. The predicted molar refractivity (Wildman–Crippen MR) is 244 cm³/mol. The van der Waals surface area contributed by atoms with E-state index in [4.69, 9.17) is 14.5 Å². The van der Waals surface area contributed by atoms with Crippen molar-refractivity contribution in [2.45, 2.75) is 110 Å². The molecule has 12 nitrogen and oxygen atoms in total. The van der Waals surface area contributed by atoms with Crippen LogP contribution in [0.2, 0.25) is 0 Å². The number of nitrogens with one attached hydrogen (secondary N) is 2. The van der Waals surface area contributed by atoms with Crippen LogP contribution in [0, 0.1) is 18.8 Å². The maximum Gasteiger partial charge on any atom is 0.311 e. The zero-order chi connectivity index (χ0) is 44.8. The minimum atomic E-state index is -0.962. The summed E-state index contributed by atoms with van der Waals surface area (Å²) < 4.78 is 11.6. The van der Waals surface area contributed by atoms with Crippen molar-refractivity contribution in [3.05, 3.63) is 112 Å². The highest BCUT2D eigenvalue weighted by Crippen LogP contribution is 2.33.